The van der Waals surface area contributed by atoms with Crippen molar-refractivity contribution in [2.45, 2.75) is 78.2 Å². The highest BCUT2D eigenvalue weighted by molar-refractivity contribution is 4.56. The van der Waals surface area contributed by atoms with E-state index in [4.69, 9.17) is 5.11 Å². The van der Waals surface area contributed by atoms with Crippen molar-refractivity contribution >= 4 is 0 Å². The van der Waals surface area contributed by atoms with Gasteiger partial charge in [0, 0.05) is 13.0 Å². The van der Waals surface area contributed by atoms with Crippen LogP contribution in [0, 0.1) is 0 Å². The summed E-state index contributed by atoms with van der Waals surface area (Å²) < 4.78 is 0. The molecule has 0 aromatic rings. The molecule has 3 heteroatoms. The van der Waals surface area contributed by atoms with E-state index >= 15 is 0 Å². The van der Waals surface area contributed by atoms with E-state index < -0.39 is 0 Å². The molecule has 2 N–H and O–H groups in total. The summed E-state index contributed by atoms with van der Waals surface area (Å²) in [5.41, 5.74) is 0. The number of hydrogen-bond donors (Lipinski definition) is 2. The van der Waals surface area contributed by atoms with Gasteiger partial charge < -0.3 is 27.0 Å². The molecule has 0 saturated carbocycles. The molecule has 0 aliphatic heterocycles. The van der Waals surface area contributed by atoms with Crippen molar-refractivity contribution < 1.29 is 27.0 Å². The average molecular weight is 324 g/mol. The van der Waals surface area contributed by atoms with E-state index in [1.54, 1.807) is 4.90 Å². The van der Waals surface area contributed by atoms with Gasteiger partial charge in [0.2, 0.25) is 0 Å². The molecule has 0 aromatic heterocycles. The van der Waals surface area contributed by atoms with E-state index in [-0.39, 0.29) is 17.0 Å². The number of hydrogen-bond acceptors (Lipinski definition) is 1. The van der Waals surface area contributed by atoms with E-state index in [1.165, 1.54) is 58.0 Å². The van der Waals surface area contributed by atoms with Gasteiger partial charge in [-0.2, -0.15) is 0 Å². The standard InChI is InChI=1S/C15H33NO.BrH/c1-4-7-12-16(13-8-5-2)15(10-6-3)11-9-14-17;/h15,17H,4-14H2,1-3H3;1H. The van der Waals surface area contributed by atoms with Gasteiger partial charge in [-0.3, -0.25) is 0 Å². The van der Waals surface area contributed by atoms with Gasteiger partial charge in [-0.15, -0.1) is 0 Å². The Bertz CT molecular complexity index is 147. The lowest BCUT2D eigenvalue weighted by Gasteiger charge is -2.28. The molecule has 18 heavy (non-hydrogen) atoms. The Balaban J connectivity index is 0. The Morgan fingerprint density at radius 1 is 0.833 bits per heavy atom. The summed E-state index contributed by atoms with van der Waals surface area (Å²) in [6.45, 7) is 9.84. The smallest absolute Gasteiger partial charge is 0.0875 e. The van der Waals surface area contributed by atoms with Gasteiger partial charge >= 0.3 is 0 Å². The minimum Gasteiger partial charge on any atom is -1.00 e. The first kappa shape index (κ1) is 20.7. The molecule has 0 bridgehead atoms. The van der Waals surface area contributed by atoms with Crippen LogP contribution in [-0.2, 0) is 0 Å². The third kappa shape index (κ3) is 10.3. The molecule has 0 amide bonds. The molecule has 2 nitrogen and oxygen atoms in total. The zero-order valence-corrected chi connectivity index (χ0v) is 14.3. The summed E-state index contributed by atoms with van der Waals surface area (Å²) in [7, 11) is 0. The minimum atomic E-state index is 0. The van der Waals surface area contributed by atoms with Crippen LogP contribution in [0.3, 0.4) is 0 Å². The lowest BCUT2D eigenvalue weighted by molar-refractivity contribution is -0.926. The molecule has 0 aromatic carbocycles. The van der Waals surface area contributed by atoms with Crippen molar-refractivity contribution in [1.29, 1.82) is 0 Å². The molecule has 0 heterocycles. The van der Waals surface area contributed by atoms with Crippen LogP contribution in [0.25, 0.3) is 0 Å². The lowest BCUT2D eigenvalue weighted by atomic mass is 10.0. The third-order valence-electron chi connectivity index (χ3n) is 3.63. The largest absolute Gasteiger partial charge is 1.00 e. The summed E-state index contributed by atoms with van der Waals surface area (Å²) >= 11 is 0. The van der Waals surface area contributed by atoms with Crippen LogP contribution in [0.2, 0.25) is 0 Å². The average Bonchev–Trinajstić information content (AvgIpc) is 2.35. The number of quaternary nitrogens is 1. The molecule has 0 spiro atoms. The van der Waals surface area contributed by atoms with Gasteiger partial charge in [0.15, 0.2) is 0 Å². The molecule has 0 aliphatic carbocycles. The fourth-order valence-electron chi connectivity index (χ4n) is 2.58. The van der Waals surface area contributed by atoms with Crippen molar-refractivity contribution in [1.82, 2.24) is 0 Å². The molecule has 0 radical (unpaired) electrons. The third-order valence-corrected chi connectivity index (χ3v) is 3.63. The van der Waals surface area contributed by atoms with Crippen LogP contribution in [0.1, 0.15) is 72.1 Å². The predicted octanol–water partition coefficient (Wildman–Crippen LogP) is -0.583. The maximum atomic E-state index is 9.01. The summed E-state index contributed by atoms with van der Waals surface area (Å²) in [5.74, 6) is 0. The van der Waals surface area contributed by atoms with Crippen LogP contribution >= 0.6 is 0 Å². The first-order valence-electron chi connectivity index (χ1n) is 7.75. The monoisotopic (exact) mass is 323 g/mol. The lowest BCUT2D eigenvalue weighted by Crippen LogP contribution is -3.15. The highest BCUT2D eigenvalue weighted by Crippen LogP contribution is 2.02. The van der Waals surface area contributed by atoms with E-state index in [0.29, 0.717) is 6.61 Å². The number of halogens is 1. The van der Waals surface area contributed by atoms with Crippen molar-refractivity contribution in [2.24, 2.45) is 0 Å². The second kappa shape index (κ2) is 15.5. The van der Waals surface area contributed by atoms with Gasteiger partial charge in [-0.1, -0.05) is 40.0 Å². The van der Waals surface area contributed by atoms with Crippen LogP contribution < -0.4 is 21.9 Å². The maximum Gasteiger partial charge on any atom is 0.0875 e. The molecule has 0 fully saturated rings. The Labute approximate surface area is 125 Å². The number of aliphatic hydroxyl groups is 1. The number of nitrogens with one attached hydrogen (secondary N) is 1. The normalized spacial score (nSPS) is 12.5. The van der Waals surface area contributed by atoms with Crippen LogP contribution in [-0.4, -0.2) is 30.8 Å². The predicted molar refractivity (Wildman–Crippen MR) is 75.5 cm³/mol. The van der Waals surface area contributed by atoms with E-state index in [9.17, 15) is 0 Å². The van der Waals surface area contributed by atoms with Gasteiger partial charge in [-0.25, -0.2) is 0 Å². The zero-order valence-electron chi connectivity index (χ0n) is 12.7. The molecular weight excluding hydrogens is 290 g/mol. The van der Waals surface area contributed by atoms with Gasteiger partial charge in [0.05, 0.1) is 19.1 Å². The van der Waals surface area contributed by atoms with Gasteiger partial charge in [0.25, 0.3) is 0 Å². The van der Waals surface area contributed by atoms with Crippen molar-refractivity contribution in [2.75, 3.05) is 19.7 Å². The van der Waals surface area contributed by atoms with E-state index in [0.717, 1.165) is 12.5 Å². The Kier molecular flexibility index (Phi) is 17.8. The Hall–Kier alpha value is 0.400. The van der Waals surface area contributed by atoms with Crippen molar-refractivity contribution in [3.63, 3.8) is 0 Å². The van der Waals surface area contributed by atoms with Crippen molar-refractivity contribution in [3.05, 3.63) is 0 Å². The fraction of sp³-hybridized carbons (Fsp3) is 1.00. The number of rotatable bonds is 12. The number of unbranched alkanes of at least 4 members (excludes halogenated alkanes) is 2. The van der Waals surface area contributed by atoms with Crippen LogP contribution in [0.15, 0.2) is 0 Å². The molecule has 1 unspecified atom stereocenters. The molecule has 0 aliphatic rings. The van der Waals surface area contributed by atoms with Crippen molar-refractivity contribution in [3.8, 4) is 0 Å². The van der Waals surface area contributed by atoms with E-state index in [1.807, 2.05) is 0 Å². The Morgan fingerprint density at radius 2 is 1.39 bits per heavy atom. The summed E-state index contributed by atoms with van der Waals surface area (Å²) in [6, 6.07) is 0.783. The minimum absolute atomic E-state index is 0. The summed E-state index contributed by atoms with van der Waals surface area (Å²) in [4.78, 5) is 1.80. The molecule has 0 rings (SSSR count). The maximum absolute atomic E-state index is 9.01. The zero-order chi connectivity index (χ0) is 12.9. The van der Waals surface area contributed by atoms with Crippen LogP contribution in [0.5, 0.6) is 0 Å². The highest BCUT2D eigenvalue weighted by atomic mass is 79.9. The van der Waals surface area contributed by atoms with E-state index in [2.05, 4.69) is 20.8 Å². The molecule has 112 valence electrons. The topological polar surface area (TPSA) is 24.7 Å². The number of aliphatic hydroxyl groups excluding tert-OH is 1. The molecular formula is C15H34BrNO. The SMILES string of the molecule is CCCC[NH+](CCCC)C(CCC)CCCO.[Br-]. The second-order valence-corrected chi connectivity index (χ2v) is 5.22. The van der Waals surface area contributed by atoms with Crippen LogP contribution in [0.4, 0.5) is 0 Å². The summed E-state index contributed by atoms with van der Waals surface area (Å²) in [5, 5.41) is 9.01. The first-order chi connectivity index (χ1) is 8.29. The molecule has 0 saturated heterocycles. The Morgan fingerprint density at radius 3 is 1.78 bits per heavy atom. The quantitative estimate of drug-likeness (QED) is 0.493. The molecule has 1 atom stereocenters. The highest BCUT2D eigenvalue weighted by Gasteiger charge is 2.19. The summed E-state index contributed by atoms with van der Waals surface area (Å²) in [6.07, 6.45) is 10.1. The van der Waals surface area contributed by atoms with Gasteiger partial charge in [0.1, 0.15) is 0 Å². The van der Waals surface area contributed by atoms with Gasteiger partial charge in [-0.05, 0) is 25.7 Å². The second-order valence-electron chi connectivity index (χ2n) is 5.22. The first-order valence-corrected chi connectivity index (χ1v) is 7.75. The fourth-order valence-corrected chi connectivity index (χ4v) is 2.58.